The van der Waals surface area contributed by atoms with Crippen LogP contribution in [0.4, 0.5) is 0 Å². The topological polar surface area (TPSA) is 67.6 Å². The lowest BCUT2D eigenvalue weighted by Crippen LogP contribution is -2.57. The van der Waals surface area contributed by atoms with Crippen LogP contribution in [0.3, 0.4) is 0 Å². The largest absolute Gasteiger partial charge is 0.381 e. The molecule has 1 unspecified atom stereocenters. The van der Waals surface area contributed by atoms with Crippen LogP contribution in [-0.2, 0) is 9.53 Å². The predicted octanol–water partition coefficient (Wildman–Crippen LogP) is 1.14. The Morgan fingerprint density at radius 2 is 1.91 bits per heavy atom. The van der Waals surface area contributed by atoms with Crippen LogP contribution in [0.2, 0.25) is 0 Å². The van der Waals surface area contributed by atoms with E-state index in [9.17, 15) is 4.79 Å². The number of ether oxygens (including phenoxy) is 1. The van der Waals surface area contributed by atoms with Crippen molar-refractivity contribution < 1.29 is 9.53 Å². The minimum atomic E-state index is -0.419. The van der Waals surface area contributed by atoms with E-state index in [0.717, 1.165) is 25.0 Å². The molecule has 2 aliphatic rings. The predicted molar refractivity (Wildman–Crippen MR) is 97.4 cm³/mol. The summed E-state index contributed by atoms with van der Waals surface area (Å²) >= 11 is 1.96. The van der Waals surface area contributed by atoms with Crippen LogP contribution in [0.25, 0.3) is 0 Å². The van der Waals surface area contributed by atoms with Gasteiger partial charge in [0.1, 0.15) is 0 Å². The maximum Gasteiger partial charge on any atom is 0.227 e. The van der Waals surface area contributed by atoms with Gasteiger partial charge >= 0.3 is 0 Å². The van der Waals surface area contributed by atoms with Crippen LogP contribution >= 0.6 is 36.6 Å². The van der Waals surface area contributed by atoms with E-state index in [1.807, 2.05) is 11.8 Å². The zero-order valence-corrected chi connectivity index (χ0v) is 15.9. The van der Waals surface area contributed by atoms with Crippen LogP contribution in [0.5, 0.6) is 0 Å². The Kier molecular flexibility index (Phi) is 9.67. The summed E-state index contributed by atoms with van der Waals surface area (Å²) in [6, 6.07) is 0. The molecule has 1 atom stereocenters. The molecule has 0 spiro atoms. The summed E-state index contributed by atoms with van der Waals surface area (Å²) in [7, 11) is 4.20. The van der Waals surface area contributed by atoms with Gasteiger partial charge in [-0.05, 0) is 39.1 Å². The van der Waals surface area contributed by atoms with Crippen LogP contribution in [0, 0.1) is 5.41 Å². The maximum atomic E-state index is 12.6. The van der Waals surface area contributed by atoms with E-state index in [2.05, 4.69) is 24.3 Å². The van der Waals surface area contributed by atoms with E-state index >= 15 is 0 Å². The number of thioether (sulfide) groups is 1. The molecule has 132 valence electrons. The first-order valence-electron chi connectivity index (χ1n) is 7.36. The van der Waals surface area contributed by atoms with E-state index < -0.39 is 5.41 Å². The third-order valence-electron chi connectivity index (χ3n) is 4.93. The Hall–Kier alpha value is 0.280. The first-order valence-corrected chi connectivity index (χ1v) is 8.51. The van der Waals surface area contributed by atoms with Crippen molar-refractivity contribution in [1.29, 1.82) is 0 Å². The lowest BCUT2D eigenvalue weighted by atomic mass is 9.79. The van der Waals surface area contributed by atoms with Crippen molar-refractivity contribution in [2.45, 2.75) is 24.8 Å². The van der Waals surface area contributed by atoms with Gasteiger partial charge in [0, 0.05) is 37.6 Å². The molecule has 0 aliphatic carbocycles. The van der Waals surface area contributed by atoms with Gasteiger partial charge in [-0.3, -0.25) is 4.79 Å². The summed E-state index contributed by atoms with van der Waals surface area (Å²) in [6.45, 7) is 2.40. The average molecular weight is 374 g/mol. The number of carbonyl (C=O) groups is 1. The van der Waals surface area contributed by atoms with Crippen LogP contribution in [0.15, 0.2) is 0 Å². The van der Waals surface area contributed by atoms with Gasteiger partial charge in [0.05, 0.1) is 5.41 Å². The van der Waals surface area contributed by atoms with Crippen molar-refractivity contribution in [1.82, 2.24) is 10.2 Å². The summed E-state index contributed by atoms with van der Waals surface area (Å²) in [5.74, 6) is 2.37. The van der Waals surface area contributed by atoms with Crippen molar-refractivity contribution in [2.24, 2.45) is 11.1 Å². The van der Waals surface area contributed by atoms with Gasteiger partial charge in [0.15, 0.2) is 0 Å². The smallest absolute Gasteiger partial charge is 0.227 e. The van der Waals surface area contributed by atoms with Gasteiger partial charge in [-0.1, -0.05) is 0 Å². The molecule has 2 rings (SSSR count). The Labute approximate surface area is 150 Å². The molecule has 2 aliphatic heterocycles. The standard InChI is InChI=1S/C14H27N3O2S.2ClH/c1-17(2)14(5-8-20-11-14)10-16-12(18)13(9-15)3-6-19-7-4-13;;/h3-11,15H2,1-2H3,(H,16,18);2*1H. The first-order chi connectivity index (χ1) is 9.55. The molecule has 5 nitrogen and oxygen atoms in total. The van der Waals surface area contributed by atoms with Gasteiger partial charge in [0.2, 0.25) is 5.91 Å². The van der Waals surface area contributed by atoms with E-state index in [0.29, 0.717) is 26.3 Å². The molecule has 1 amide bonds. The summed E-state index contributed by atoms with van der Waals surface area (Å²) < 4.78 is 5.37. The highest BCUT2D eigenvalue weighted by Gasteiger charge is 2.41. The number of halogens is 2. The number of nitrogens with one attached hydrogen (secondary N) is 1. The van der Waals surface area contributed by atoms with Crippen LogP contribution in [-0.4, -0.2) is 68.3 Å². The van der Waals surface area contributed by atoms with Crippen LogP contribution < -0.4 is 11.1 Å². The van der Waals surface area contributed by atoms with E-state index in [1.165, 1.54) is 5.75 Å². The number of hydrogen-bond acceptors (Lipinski definition) is 5. The number of amides is 1. The zero-order valence-electron chi connectivity index (χ0n) is 13.4. The van der Waals surface area contributed by atoms with Gasteiger partial charge in [-0.2, -0.15) is 11.8 Å². The highest BCUT2D eigenvalue weighted by molar-refractivity contribution is 7.99. The van der Waals surface area contributed by atoms with Crippen molar-refractivity contribution in [3.8, 4) is 0 Å². The van der Waals surface area contributed by atoms with Crippen molar-refractivity contribution in [3.63, 3.8) is 0 Å². The normalized spacial score (nSPS) is 26.9. The molecule has 2 fully saturated rings. The van der Waals surface area contributed by atoms with Gasteiger partial charge < -0.3 is 20.7 Å². The number of nitrogens with two attached hydrogens (primary N) is 1. The summed E-state index contributed by atoms with van der Waals surface area (Å²) in [5.41, 5.74) is 5.56. The molecular weight excluding hydrogens is 345 g/mol. The fraction of sp³-hybridized carbons (Fsp3) is 0.929. The van der Waals surface area contributed by atoms with Crippen molar-refractivity contribution in [2.75, 3.05) is 51.9 Å². The second-order valence-corrected chi connectivity index (χ2v) is 7.31. The molecule has 0 bridgehead atoms. The van der Waals surface area contributed by atoms with E-state index in [1.54, 1.807) is 0 Å². The molecule has 0 radical (unpaired) electrons. The third kappa shape index (κ3) is 4.65. The quantitative estimate of drug-likeness (QED) is 0.756. The van der Waals surface area contributed by atoms with Crippen molar-refractivity contribution >= 4 is 42.5 Å². The minimum Gasteiger partial charge on any atom is -0.381 e. The fourth-order valence-corrected chi connectivity index (χ4v) is 4.52. The van der Waals surface area contributed by atoms with E-state index in [-0.39, 0.29) is 36.3 Å². The second-order valence-electron chi connectivity index (χ2n) is 6.20. The Morgan fingerprint density at radius 3 is 2.36 bits per heavy atom. The molecule has 2 heterocycles. The number of hydrogen-bond donors (Lipinski definition) is 2. The maximum absolute atomic E-state index is 12.6. The SMILES string of the molecule is CN(C)C1(CNC(=O)C2(CN)CCOCC2)CCSC1.Cl.Cl. The molecule has 8 heteroatoms. The Morgan fingerprint density at radius 1 is 1.27 bits per heavy atom. The highest BCUT2D eigenvalue weighted by atomic mass is 35.5. The number of carbonyl (C=O) groups excluding carboxylic acids is 1. The zero-order chi connectivity index (χ0) is 14.6. The van der Waals surface area contributed by atoms with E-state index in [4.69, 9.17) is 10.5 Å². The second kappa shape index (κ2) is 9.55. The van der Waals surface area contributed by atoms with Crippen LogP contribution in [0.1, 0.15) is 19.3 Å². The molecule has 3 N–H and O–H groups in total. The summed E-state index contributed by atoms with van der Waals surface area (Å²) in [4.78, 5) is 14.9. The Bertz CT molecular complexity index is 347. The molecule has 0 aromatic carbocycles. The number of likely N-dealkylation sites (N-methyl/N-ethyl adjacent to an activating group) is 1. The molecular formula is C14H29Cl2N3O2S. The molecule has 0 aromatic heterocycles. The monoisotopic (exact) mass is 373 g/mol. The first kappa shape index (κ1) is 22.3. The molecule has 2 saturated heterocycles. The molecule has 0 saturated carbocycles. The summed E-state index contributed by atoms with van der Waals surface area (Å²) in [6.07, 6.45) is 2.60. The minimum absolute atomic E-state index is 0. The average Bonchev–Trinajstić information content (AvgIpc) is 2.95. The Balaban J connectivity index is 0.00000220. The van der Waals surface area contributed by atoms with Crippen molar-refractivity contribution in [3.05, 3.63) is 0 Å². The highest BCUT2D eigenvalue weighted by Crippen LogP contribution is 2.33. The number of rotatable bonds is 5. The van der Waals surface area contributed by atoms with Gasteiger partial charge in [0.25, 0.3) is 0 Å². The lowest BCUT2D eigenvalue weighted by Gasteiger charge is -2.39. The summed E-state index contributed by atoms with van der Waals surface area (Å²) in [5, 5.41) is 3.18. The van der Waals surface area contributed by atoms with Gasteiger partial charge in [-0.25, -0.2) is 0 Å². The third-order valence-corrected chi connectivity index (χ3v) is 6.17. The molecule has 22 heavy (non-hydrogen) atoms. The lowest BCUT2D eigenvalue weighted by molar-refractivity contribution is -0.136. The molecule has 0 aromatic rings. The number of nitrogens with zero attached hydrogens (tertiary/aromatic N) is 1. The fourth-order valence-electron chi connectivity index (χ4n) is 2.97. The van der Waals surface area contributed by atoms with Gasteiger partial charge in [-0.15, -0.1) is 24.8 Å².